The van der Waals surface area contributed by atoms with E-state index in [9.17, 15) is 30.0 Å². The van der Waals surface area contributed by atoms with E-state index in [2.05, 4.69) is 84.6 Å². The van der Waals surface area contributed by atoms with Crippen LogP contribution in [0.5, 0.6) is 0 Å². The number of ether oxygens (including phenoxy) is 2. The summed E-state index contributed by atoms with van der Waals surface area (Å²) in [7, 11) is 0. The van der Waals surface area contributed by atoms with Crippen molar-refractivity contribution in [2.24, 2.45) is 92.7 Å². The van der Waals surface area contributed by atoms with Crippen LogP contribution in [-0.4, -0.2) is 69.0 Å². The van der Waals surface area contributed by atoms with Crippen molar-refractivity contribution in [3.8, 4) is 0 Å². The zero-order valence-electron chi connectivity index (χ0n) is 46.0. The van der Waals surface area contributed by atoms with Crippen LogP contribution in [0.15, 0.2) is 59.8 Å². The lowest BCUT2D eigenvalue weighted by Crippen LogP contribution is -2.46. The number of aliphatic hydroxyl groups excluding tert-OH is 3. The van der Waals surface area contributed by atoms with Crippen LogP contribution in [0.3, 0.4) is 0 Å². The Morgan fingerprint density at radius 1 is 0.657 bits per heavy atom. The third-order valence-corrected chi connectivity index (χ3v) is 22.1. The molecule has 17 atom stereocenters. The van der Waals surface area contributed by atoms with Crippen molar-refractivity contribution in [1.82, 2.24) is 0 Å². The normalized spacial score (nSPS) is 40.4. The molecule has 8 saturated carbocycles. The number of allylic oxidation sites excluding steroid dienone is 5. The van der Waals surface area contributed by atoms with Gasteiger partial charge in [0, 0.05) is 55.0 Å². The van der Waals surface area contributed by atoms with E-state index in [1.54, 1.807) is 5.57 Å². The summed E-state index contributed by atoms with van der Waals surface area (Å²) in [5, 5.41) is 42.1. The van der Waals surface area contributed by atoms with Crippen LogP contribution in [0.1, 0.15) is 186 Å². The Morgan fingerprint density at radius 2 is 1.13 bits per heavy atom. The van der Waals surface area contributed by atoms with Crippen LogP contribution in [0.25, 0.3) is 0 Å². The summed E-state index contributed by atoms with van der Waals surface area (Å²) in [6, 6.07) is 0. The van der Waals surface area contributed by atoms with Gasteiger partial charge >= 0.3 is 11.9 Å². The van der Waals surface area contributed by atoms with Crippen LogP contribution in [0.2, 0.25) is 0 Å². The molecule has 0 aromatic carbocycles. The van der Waals surface area contributed by atoms with E-state index in [1.807, 2.05) is 27.7 Å². The van der Waals surface area contributed by atoms with Crippen molar-refractivity contribution in [3.63, 3.8) is 0 Å². The maximum atomic E-state index is 11.5. The summed E-state index contributed by atoms with van der Waals surface area (Å²) in [6.45, 7) is 29.4. The lowest BCUT2D eigenvalue weighted by Gasteiger charge is -2.45. The Labute approximate surface area is 424 Å². The Kier molecular flexibility index (Phi) is 16.3. The first-order valence-corrected chi connectivity index (χ1v) is 28.2. The summed E-state index contributed by atoms with van der Waals surface area (Å²) in [6.07, 6.45) is 32.5. The van der Waals surface area contributed by atoms with Crippen molar-refractivity contribution in [2.45, 2.75) is 203 Å². The molecule has 0 radical (unpaired) electrons. The minimum absolute atomic E-state index is 0.0460. The van der Waals surface area contributed by atoms with Gasteiger partial charge in [-0.05, 0) is 189 Å². The standard InChI is InChI=1S/C31H50O5.C31H48O3/c1-20(9-10-21(2)28(4,5)36-22(3)34)26-11-12-27-23(8-7-14-29(26,27)6)16-25(18-32)31-17-24(31)13-15-30(31,35)19-33;1-20(10-11-21(2)29(5,6)34-23(4)33)27-14-15-28-24(9-8-16-30(27,28)7)17-26(19-32)31-18-25(31)13-12-22(31)3/h9-10,16,20-21,24-27,32-33,35H,7-8,11-15,17-19H2,1-6H3;10-11,17,20-21,25-28,32H,3,8-9,12-16,18-19H2,1-2,4-7H3/b10-9+,23-16+;11-10+,24-17+/t20-,21+,24-,25+,26-,27+,29-,30?,31+;20-,21+,25-,26+,27-,28+,30-,31+/m11/s1. The molecule has 8 aliphatic rings. The number of carbonyl (C=O) groups is 2. The second kappa shape index (κ2) is 20.7. The summed E-state index contributed by atoms with van der Waals surface area (Å²) in [5.74, 6) is 4.60. The topological polar surface area (TPSA) is 134 Å². The van der Waals surface area contributed by atoms with Gasteiger partial charge in [0.25, 0.3) is 0 Å². The molecule has 8 aliphatic carbocycles. The number of carbonyl (C=O) groups excluding carboxylic acids is 2. The quantitative estimate of drug-likeness (QED) is 0.0837. The third kappa shape index (κ3) is 10.1. The van der Waals surface area contributed by atoms with E-state index < -0.39 is 16.8 Å². The molecule has 0 aromatic heterocycles. The minimum atomic E-state index is -1.05. The molecule has 0 aromatic rings. The molecule has 0 bridgehead atoms. The lowest BCUT2D eigenvalue weighted by molar-refractivity contribution is -0.157. The van der Waals surface area contributed by atoms with E-state index >= 15 is 0 Å². The molecule has 0 heterocycles. The smallest absolute Gasteiger partial charge is 0.303 e. The first-order chi connectivity index (χ1) is 32.8. The minimum Gasteiger partial charge on any atom is -0.459 e. The molecule has 0 spiro atoms. The molecular formula is C62H98O8. The molecule has 8 fully saturated rings. The van der Waals surface area contributed by atoms with Crippen LogP contribution < -0.4 is 0 Å². The Morgan fingerprint density at radius 3 is 1.51 bits per heavy atom. The fourth-order valence-electron chi connectivity index (χ4n) is 17.3. The Bertz CT molecular complexity index is 2040. The van der Waals surface area contributed by atoms with E-state index in [0.29, 0.717) is 53.3 Å². The Balaban J connectivity index is 0.000000207. The van der Waals surface area contributed by atoms with E-state index in [0.717, 1.165) is 31.6 Å². The molecule has 8 heteroatoms. The molecule has 394 valence electrons. The highest BCUT2D eigenvalue weighted by molar-refractivity contribution is 5.67. The van der Waals surface area contributed by atoms with Gasteiger partial charge in [-0.15, -0.1) is 0 Å². The zero-order valence-corrected chi connectivity index (χ0v) is 46.0. The molecular weight excluding hydrogens is 873 g/mol. The first-order valence-electron chi connectivity index (χ1n) is 28.2. The van der Waals surface area contributed by atoms with Gasteiger partial charge in [-0.25, -0.2) is 0 Å². The van der Waals surface area contributed by atoms with Gasteiger partial charge in [0.15, 0.2) is 0 Å². The number of aliphatic hydroxyl groups is 4. The summed E-state index contributed by atoms with van der Waals surface area (Å²) in [5.41, 5.74) is 2.89. The maximum Gasteiger partial charge on any atom is 0.303 e. The van der Waals surface area contributed by atoms with E-state index in [1.165, 1.54) is 95.6 Å². The third-order valence-electron chi connectivity index (χ3n) is 22.1. The largest absolute Gasteiger partial charge is 0.459 e. The highest BCUT2D eigenvalue weighted by Crippen LogP contribution is 2.73. The first kappa shape index (κ1) is 55.2. The number of hydrogen-bond acceptors (Lipinski definition) is 8. The van der Waals surface area contributed by atoms with E-state index in [-0.39, 0.29) is 71.7 Å². The van der Waals surface area contributed by atoms with Crippen LogP contribution >= 0.6 is 0 Å². The van der Waals surface area contributed by atoms with Gasteiger partial charge in [-0.2, -0.15) is 0 Å². The fourth-order valence-corrected chi connectivity index (χ4v) is 17.3. The van der Waals surface area contributed by atoms with Gasteiger partial charge in [-0.1, -0.05) is 101 Å². The SMILES string of the molecule is C=C1CC[C@@H]2C[C@]12[C@@H](/C=C1\CCC[C@]2(C)[C@@H]([C@H](C)/C=C/[C@H](C)C(C)(C)OC(C)=O)CC[C@@H]12)CO.CC(=O)OC(C)(C)[C@@H](C)/C=C/[C@@H](C)[C@H]1CC[C@H]2/C(=C/[C@@H](CO)[C@]34C[C@H]3CCC4(O)CO)CCC[C@]12C. The van der Waals surface area contributed by atoms with Gasteiger partial charge in [0.2, 0.25) is 0 Å². The molecule has 4 N–H and O–H groups in total. The molecule has 8 nitrogen and oxygen atoms in total. The number of fused-ring (bicyclic) bond motifs is 4. The van der Waals surface area contributed by atoms with Crippen LogP contribution in [0, 0.1) is 92.7 Å². The maximum absolute atomic E-state index is 11.5. The van der Waals surface area contributed by atoms with Crippen LogP contribution in [0.4, 0.5) is 0 Å². The van der Waals surface area contributed by atoms with Crippen molar-refractivity contribution in [3.05, 3.63) is 59.8 Å². The fraction of sp³-hybridized carbons (Fsp3) is 0.806. The van der Waals surface area contributed by atoms with Crippen molar-refractivity contribution in [2.75, 3.05) is 19.8 Å². The predicted molar refractivity (Wildman–Crippen MR) is 281 cm³/mol. The molecule has 0 saturated heterocycles. The summed E-state index contributed by atoms with van der Waals surface area (Å²) in [4.78, 5) is 23.0. The highest BCUT2D eigenvalue weighted by Gasteiger charge is 2.72. The highest BCUT2D eigenvalue weighted by atomic mass is 16.6. The number of esters is 2. The molecule has 70 heavy (non-hydrogen) atoms. The van der Waals surface area contributed by atoms with Crippen molar-refractivity contribution < 1.29 is 39.5 Å². The Hall–Kier alpha value is -2.52. The predicted octanol–water partition coefficient (Wildman–Crippen LogP) is 12.7. The van der Waals surface area contributed by atoms with Gasteiger partial charge in [0.1, 0.15) is 11.2 Å². The molecule has 8 rings (SSSR count). The second-order valence-electron chi connectivity index (χ2n) is 26.5. The summed E-state index contributed by atoms with van der Waals surface area (Å²) >= 11 is 0. The summed E-state index contributed by atoms with van der Waals surface area (Å²) < 4.78 is 11.1. The average Bonchev–Trinajstić information content (AvgIpc) is 4.03. The van der Waals surface area contributed by atoms with Crippen molar-refractivity contribution >= 4 is 11.9 Å². The zero-order chi connectivity index (χ0) is 51.4. The lowest BCUT2D eigenvalue weighted by atomic mass is 9.60. The van der Waals surface area contributed by atoms with Crippen molar-refractivity contribution in [1.29, 1.82) is 0 Å². The molecule has 0 amide bonds. The second-order valence-corrected chi connectivity index (χ2v) is 26.5. The monoisotopic (exact) mass is 971 g/mol. The average molecular weight is 971 g/mol. The molecule has 1 unspecified atom stereocenters. The van der Waals surface area contributed by atoms with Gasteiger partial charge < -0.3 is 29.9 Å². The molecule has 0 aliphatic heterocycles. The van der Waals surface area contributed by atoms with Gasteiger partial charge in [0.05, 0.1) is 18.8 Å². The number of hydrogen-bond donors (Lipinski definition) is 4. The van der Waals surface area contributed by atoms with Gasteiger partial charge in [-0.3, -0.25) is 9.59 Å². The van der Waals surface area contributed by atoms with E-state index in [4.69, 9.17) is 9.47 Å². The van der Waals surface area contributed by atoms with Crippen LogP contribution in [-0.2, 0) is 19.1 Å². The number of rotatable bonds is 17.